The standard InChI is InChI=1S/C25H25N3O4/c1-2-31-21-14-10-20(11-15-21)28-17-16-27(25(28)30)18-24(29)26-19-8-12-23(13-9-19)32-22-6-4-3-5-7-22/h3-15H,2,16-18H2,1H3,(H,26,29). The largest absolute Gasteiger partial charge is 0.494 e. The molecule has 0 unspecified atom stereocenters. The van der Waals surface area contributed by atoms with Crippen LogP contribution in [-0.2, 0) is 4.79 Å². The minimum Gasteiger partial charge on any atom is -0.494 e. The molecule has 32 heavy (non-hydrogen) atoms. The van der Waals surface area contributed by atoms with Crippen LogP contribution in [0.5, 0.6) is 17.2 Å². The Bertz CT molecular complexity index is 1050. The number of benzene rings is 3. The highest BCUT2D eigenvalue weighted by Crippen LogP contribution is 2.24. The third-order valence-corrected chi connectivity index (χ3v) is 5.01. The number of urea groups is 1. The Morgan fingerprint density at radius 3 is 2.22 bits per heavy atom. The van der Waals surface area contributed by atoms with Gasteiger partial charge in [0.15, 0.2) is 0 Å². The Kier molecular flexibility index (Phi) is 6.55. The molecule has 4 rings (SSSR count). The fourth-order valence-electron chi connectivity index (χ4n) is 3.46. The van der Waals surface area contributed by atoms with Crippen molar-refractivity contribution >= 4 is 23.3 Å². The summed E-state index contributed by atoms with van der Waals surface area (Å²) in [6.07, 6.45) is 0. The Hall–Kier alpha value is -4.00. The van der Waals surface area contributed by atoms with Crippen LogP contribution < -0.4 is 19.7 Å². The van der Waals surface area contributed by atoms with Gasteiger partial charge >= 0.3 is 6.03 Å². The van der Waals surface area contributed by atoms with Gasteiger partial charge in [-0.1, -0.05) is 18.2 Å². The van der Waals surface area contributed by atoms with Gasteiger partial charge in [-0.2, -0.15) is 0 Å². The first-order valence-corrected chi connectivity index (χ1v) is 10.5. The monoisotopic (exact) mass is 431 g/mol. The van der Waals surface area contributed by atoms with Crippen molar-refractivity contribution in [1.82, 2.24) is 4.90 Å². The molecule has 1 N–H and O–H groups in total. The zero-order valence-corrected chi connectivity index (χ0v) is 17.9. The lowest BCUT2D eigenvalue weighted by atomic mass is 10.3. The van der Waals surface area contributed by atoms with Crippen LogP contribution in [0, 0.1) is 0 Å². The zero-order chi connectivity index (χ0) is 22.3. The van der Waals surface area contributed by atoms with E-state index in [4.69, 9.17) is 9.47 Å². The third kappa shape index (κ3) is 5.18. The maximum Gasteiger partial charge on any atom is 0.325 e. The molecule has 1 fully saturated rings. The molecule has 3 aromatic carbocycles. The molecule has 7 heteroatoms. The minimum absolute atomic E-state index is 0.00533. The van der Waals surface area contributed by atoms with Gasteiger partial charge in [-0.3, -0.25) is 9.69 Å². The lowest BCUT2D eigenvalue weighted by molar-refractivity contribution is -0.116. The number of ether oxygens (including phenoxy) is 2. The molecule has 0 atom stereocenters. The number of carbonyl (C=O) groups excluding carboxylic acids is 2. The Morgan fingerprint density at radius 1 is 0.875 bits per heavy atom. The fraction of sp³-hybridized carbons (Fsp3) is 0.200. The summed E-state index contributed by atoms with van der Waals surface area (Å²) >= 11 is 0. The molecular formula is C25H25N3O4. The van der Waals surface area contributed by atoms with Crippen LogP contribution in [0.25, 0.3) is 0 Å². The van der Waals surface area contributed by atoms with Crippen molar-refractivity contribution in [3.8, 4) is 17.2 Å². The van der Waals surface area contributed by atoms with Crippen LogP contribution in [0.15, 0.2) is 78.9 Å². The number of carbonyl (C=O) groups is 2. The maximum absolute atomic E-state index is 12.7. The molecule has 0 spiro atoms. The van der Waals surface area contributed by atoms with E-state index < -0.39 is 0 Å². The molecule has 1 aliphatic rings. The van der Waals surface area contributed by atoms with Gasteiger partial charge in [0.05, 0.1) is 6.61 Å². The Morgan fingerprint density at radius 2 is 1.53 bits per heavy atom. The van der Waals surface area contributed by atoms with Crippen molar-refractivity contribution in [3.05, 3.63) is 78.9 Å². The van der Waals surface area contributed by atoms with Crippen LogP contribution >= 0.6 is 0 Å². The molecule has 3 amide bonds. The minimum atomic E-state index is -0.247. The first-order chi connectivity index (χ1) is 15.6. The number of anilines is 2. The van der Waals surface area contributed by atoms with Crippen molar-refractivity contribution in [3.63, 3.8) is 0 Å². The molecule has 1 heterocycles. The van der Waals surface area contributed by atoms with E-state index in [0.29, 0.717) is 31.1 Å². The van der Waals surface area contributed by atoms with E-state index in [1.165, 1.54) is 0 Å². The molecule has 3 aromatic rings. The lowest BCUT2D eigenvalue weighted by Gasteiger charge is -2.19. The molecule has 0 bridgehead atoms. The van der Waals surface area contributed by atoms with Gasteiger partial charge in [0.2, 0.25) is 5.91 Å². The molecule has 164 valence electrons. The molecule has 0 aromatic heterocycles. The molecule has 7 nitrogen and oxygen atoms in total. The van der Waals surface area contributed by atoms with Gasteiger partial charge in [0.25, 0.3) is 0 Å². The molecule has 1 aliphatic heterocycles. The zero-order valence-electron chi connectivity index (χ0n) is 17.9. The highest BCUT2D eigenvalue weighted by Gasteiger charge is 2.30. The smallest absolute Gasteiger partial charge is 0.325 e. The first-order valence-electron chi connectivity index (χ1n) is 10.5. The van der Waals surface area contributed by atoms with E-state index in [1.54, 1.807) is 34.1 Å². The predicted molar refractivity (Wildman–Crippen MR) is 124 cm³/mol. The number of para-hydroxylation sites is 1. The predicted octanol–water partition coefficient (Wildman–Crippen LogP) is 4.76. The van der Waals surface area contributed by atoms with Crippen LogP contribution in [0.1, 0.15) is 6.92 Å². The summed E-state index contributed by atoms with van der Waals surface area (Å²) in [5.74, 6) is 1.94. The number of nitrogens with one attached hydrogen (secondary N) is 1. The number of rotatable bonds is 8. The SMILES string of the molecule is CCOc1ccc(N2CCN(CC(=O)Nc3ccc(Oc4ccccc4)cc3)C2=O)cc1. The second-order valence-corrected chi connectivity index (χ2v) is 7.27. The van der Waals surface area contributed by atoms with Crippen molar-refractivity contribution in [2.24, 2.45) is 0 Å². The average Bonchev–Trinajstić information content (AvgIpc) is 3.16. The molecule has 0 radical (unpaired) electrons. The molecular weight excluding hydrogens is 406 g/mol. The normalized spacial score (nSPS) is 13.2. The van der Waals surface area contributed by atoms with Crippen LogP contribution in [0.3, 0.4) is 0 Å². The van der Waals surface area contributed by atoms with Gasteiger partial charge in [0, 0.05) is 24.5 Å². The summed E-state index contributed by atoms with van der Waals surface area (Å²) in [6.45, 7) is 3.53. The van der Waals surface area contributed by atoms with Gasteiger partial charge < -0.3 is 19.7 Å². The first kappa shape index (κ1) is 21.2. The average molecular weight is 431 g/mol. The van der Waals surface area contributed by atoms with Crippen LogP contribution in [0.4, 0.5) is 16.2 Å². The van der Waals surface area contributed by atoms with Crippen LogP contribution in [0.2, 0.25) is 0 Å². The van der Waals surface area contributed by atoms with Crippen molar-refractivity contribution in [2.75, 3.05) is 36.5 Å². The second kappa shape index (κ2) is 9.87. The summed E-state index contributed by atoms with van der Waals surface area (Å²) in [7, 11) is 0. The third-order valence-electron chi connectivity index (χ3n) is 5.01. The van der Waals surface area contributed by atoms with E-state index in [-0.39, 0.29) is 18.5 Å². The topological polar surface area (TPSA) is 71.1 Å². The Labute approximate surface area is 187 Å². The van der Waals surface area contributed by atoms with E-state index in [2.05, 4.69) is 5.32 Å². The molecule has 0 aliphatic carbocycles. The van der Waals surface area contributed by atoms with Gasteiger partial charge in [-0.15, -0.1) is 0 Å². The maximum atomic E-state index is 12.7. The lowest BCUT2D eigenvalue weighted by Crippen LogP contribution is -2.37. The van der Waals surface area contributed by atoms with Crippen molar-refractivity contribution in [2.45, 2.75) is 6.92 Å². The van der Waals surface area contributed by atoms with Gasteiger partial charge in [-0.05, 0) is 67.6 Å². The summed E-state index contributed by atoms with van der Waals surface area (Å²) in [5.41, 5.74) is 1.43. The number of hydrogen-bond donors (Lipinski definition) is 1. The van der Waals surface area contributed by atoms with E-state index in [9.17, 15) is 9.59 Å². The quantitative estimate of drug-likeness (QED) is 0.558. The van der Waals surface area contributed by atoms with Crippen LogP contribution in [-0.4, -0.2) is 43.1 Å². The number of hydrogen-bond acceptors (Lipinski definition) is 4. The highest BCUT2D eigenvalue weighted by atomic mass is 16.5. The van der Waals surface area contributed by atoms with Gasteiger partial charge in [-0.25, -0.2) is 4.79 Å². The highest BCUT2D eigenvalue weighted by molar-refractivity contribution is 5.99. The number of nitrogens with zero attached hydrogens (tertiary/aromatic N) is 2. The molecule has 1 saturated heterocycles. The van der Waals surface area contributed by atoms with E-state index in [1.807, 2.05) is 61.5 Å². The summed E-state index contributed by atoms with van der Waals surface area (Å²) in [4.78, 5) is 28.4. The summed E-state index contributed by atoms with van der Waals surface area (Å²) < 4.78 is 11.2. The van der Waals surface area contributed by atoms with Crippen molar-refractivity contribution in [1.29, 1.82) is 0 Å². The van der Waals surface area contributed by atoms with Crippen molar-refractivity contribution < 1.29 is 19.1 Å². The summed E-state index contributed by atoms with van der Waals surface area (Å²) in [5, 5.41) is 2.83. The van der Waals surface area contributed by atoms with E-state index in [0.717, 1.165) is 17.2 Å². The Balaban J connectivity index is 1.30. The van der Waals surface area contributed by atoms with Gasteiger partial charge in [0.1, 0.15) is 23.8 Å². The summed E-state index contributed by atoms with van der Waals surface area (Å²) in [6, 6.07) is 23.8. The van der Waals surface area contributed by atoms with E-state index >= 15 is 0 Å². The number of amides is 3. The fourth-order valence-corrected chi connectivity index (χ4v) is 3.46. The molecule has 0 saturated carbocycles. The second-order valence-electron chi connectivity index (χ2n) is 7.27.